The Morgan fingerprint density at radius 2 is 2.07 bits per heavy atom. The predicted octanol–water partition coefficient (Wildman–Crippen LogP) is 2.44. The SMILES string of the molecule is COC(=O)Nc1cnccc1-c1ncc2c(n1)N(C1CCCC1)CC(=O)N2C. The molecule has 3 heterocycles. The Bertz CT molecular complexity index is 912. The molecule has 1 saturated carbocycles. The lowest BCUT2D eigenvalue weighted by Gasteiger charge is -2.37. The number of anilines is 3. The summed E-state index contributed by atoms with van der Waals surface area (Å²) < 4.78 is 4.67. The molecule has 0 radical (unpaired) electrons. The molecule has 4 rings (SSSR count). The largest absolute Gasteiger partial charge is 0.453 e. The van der Waals surface area contributed by atoms with Crippen LogP contribution in [0.3, 0.4) is 0 Å². The summed E-state index contributed by atoms with van der Waals surface area (Å²) in [5, 5.41) is 2.64. The van der Waals surface area contributed by atoms with E-state index >= 15 is 0 Å². The van der Waals surface area contributed by atoms with Crippen LogP contribution in [0.2, 0.25) is 0 Å². The van der Waals surface area contributed by atoms with Gasteiger partial charge in [0.2, 0.25) is 5.91 Å². The highest BCUT2D eigenvalue weighted by Crippen LogP contribution is 2.37. The van der Waals surface area contributed by atoms with E-state index in [1.54, 1.807) is 30.4 Å². The van der Waals surface area contributed by atoms with Gasteiger partial charge in [0, 0.05) is 24.8 Å². The average Bonchev–Trinajstić information content (AvgIpc) is 3.25. The standard InChI is InChI=1S/C19H22N6O3/c1-24-15-10-21-17(13-7-8-20-9-14(13)22-19(27)28-2)23-18(15)25(11-16(24)26)12-5-3-4-6-12/h7-10,12H,3-6,11H2,1-2H3,(H,22,27). The van der Waals surface area contributed by atoms with E-state index in [9.17, 15) is 9.59 Å². The van der Waals surface area contributed by atoms with Gasteiger partial charge < -0.3 is 14.5 Å². The fourth-order valence-electron chi connectivity index (χ4n) is 3.77. The Morgan fingerprint density at radius 3 is 2.82 bits per heavy atom. The van der Waals surface area contributed by atoms with Crippen molar-refractivity contribution in [2.75, 3.05) is 35.8 Å². The highest BCUT2D eigenvalue weighted by atomic mass is 16.5. The lowest BCUT2D eigenvalue weighted by Crippen LogP contribution is -2.48. The molecule has 0 spiro atoms. The summed E-state index contributed by atoms with van der Waals surface area (Å²) in [6.45, 7) is 0.314. The third kappa shape index (κ3) is 3.23. The van der Waals surface area contributed by atoms with Crippen LogP contribution >= 0.6 is 0 Å². The maximum Gasteiger partial charge on any atom is 0.411 e. The first kappa shape index (κ1) is 18.1. The van der Waals surface area contributed by atoms with Crippen molar-refractivity contribution in [1.29, 1.82) is 0 Å². The summed E-state index contributed by atoms with van der Waals surface area (Å²) in [4.78, 5) is 41.1. The smallest absolute Gasteiger partial charge is 0.411 e. The predicted molar refractivity (Wildman–Crippen MR) is 104 cm³/mol. The number of hydrogen-bond acceptors (Lipinski definition) is 7. The van der Waals surface area contributed by atoms with E-state index in [0.717, 1.165) is 31.5 Å². The summed E-state index contributed by atoms with van der Waals surface area (Å²) in [5.74, 6) is 1.24. The molecule has 28 heavy (non-hydrogen) atoms. The second kappa shape index (κ2) is 7.41. The van der Waals surface area contributed by atoms with E-state index in [-0.39, 0.29) is 5.91 Å². The number of amides is 2. The van der Waals surface area contributed by atoms with Crippen LogP contribution in [0, 0.1) is 0 Å². The molecule has 1 aliphatic carbocycles. The molecule has 1 aliphatic heterocycles. The van der Waals surface area contributed by atoms with E-state index in [4.69, 9.17) is 4.98 Å². The lowest BCUT2D eigenvalue weighted by molar-refractivity contribution is -0.117. The molecular weight excluding hydrogens is 360 g/mol. The van der Waals surface area contributed by atoms with Crippen molar-refractivity contribution >= 4 is 29.2 Å². The van der Waals surface area contributed by atoms with Crippen molar-refractivity contribution < 1.29 is 14.3 Å². The van der Waals surface area contributed by atoms with Crippen molar-refractivity contribution in [3.8, 4) is 11.4 Å². The minimum atomic E-state index is -0.592. The van der Waals surface area contributed by atoms with Crippen LogP contribution in [-0.2, 0) is 9.53 Å². The van der Waals surface area contributed by atoms with Crippen LogP contribution in [0.15, 0.2) is 24.7 Å². The Kier molecular flexibility index (Phi) is 4.81. The first-order chi connectivity index (χ1) is 13.6. The minimum Gasteiger partial charge on any atom is -0.453 e. The normalized spacial score (nSPS) is 16.9. The summed E-state index contributed by atoms with van der Waals surface area (Å²) >= 11 is 0. The van der Waals surface area contributed by atoms with Crippen molar-refractivity contribution in [2.45, 2.75) is 31.7 Å². The Labute approximate surface area is 162 Å². The number of pyridine rings is 1. The van der Waals surface area contributed by atoms with Crippen LogP contribution in [0.4, 0.5) is 22.0 Å². The monoisotopic (exact) mass is 382 g/mol. The van der Waals surface area contributed by atoms with E-state index in [1.165, 1.54) is 13.3 Å². The molecule has 0 unspecified atom stereocenters. The van der Waals surface area contributed by atoms with Crippen LogP contribution in [0.25, 0.3) is 11.4 Å². The fourth-order valence-corrected chi connectivity index (χ4v) is 3.77. The highest BCUT2D eigenvalue weighted by Gasteiger charge is 2.34. The molecule has 1 fully saturated rings. The van der Waals surface area contributed by atoms with E-state index in [0.29, 0.717) is 35.3 Å². The Morgan fingerprint density at radius 1 is 1.29 bits per heavy atom. The van der Waals surface area contributed by atoms with E-state index in [2.05, 4.69) is 24.9 Å². The number of carbonyl (C=O) groups excluding carboxylic acids is 2. The van der Waals surface area contributed by atoms with Gasteiger partial charge in [-0.2, -0.15) is 0 Å². The zero-order valence-electron chi connectivity index (χ0n) is 15.9. The maximum absolute atomic E-state index is 12.4. The topological polar surface area (TPSA) is 101 Å². The lowest BCUT2D eigenvalue weighted by atomic mass is 10.1. The van der Waals surface area contributed by atoms with Crippen molar-refractivity contribution in [3.05, 3.63) is 24.7 Å². The fraction of sp³-hybridized carbons (Fsp3) is 0.421. The van der Waals surface area contributed by atoms with Crippen molar-refractivity contribution in [2.24, 2.45) is 0 Å². The average molecular weight is 382 g/mol. The van der Waals surface area contributed by atoms with Crippen LogP contribution in [0.1, 0.15) is 25.7 Å². The molecule has 0 atom stereocenters. The number of likely N-dealkylation sites (N-methyl/N-ethyl adjacent to an activating group) is 1. The van der Waals surface area contributed by atoms with E-state index < -0.39 is 6.09 Å². The van der Waals surface area contributed by atoms with Gasteiger partial charge in [0.25, 0.3) is 0 Å². The molecule has 0 aromatic carbocycles. The zero-order chi connectivity index (χ0) is 19.7. The van der Waals surface area contributed by atoms with Crippen LogP contribution in [-0.4, -0.2) is 53.7 Å². The van der Waals surface area contributed by atoms with Crippen LogP contribution in [0.5, 0.6) is 0 Å². The van der Waals surface area contributed by atoms with Gasteiger partial charge in [-0.15, -0.1) is 0 Å². The number of methoxy groups -OCH3 is 1. The van der Waals surface area contributed by atoms with Gasteiger partial charge in [-0.1, -0.05) is 12.8 Å². The van der Waals surface area contributed by atoms with Gasteiger partial charge in [0.05, 0.1) is 31.7 Å². The molecule has 9 nitrogen and oxygen atoms in total. The molecular formula is C19H22N6O3. The first-order valence-electron chi connectivity index (χ1n) is 9.28. The van der Waals surface area contributed by atoms with E-state index in [1.807, 2.05) is 0 Å². The van der Waals surface area contributed by atoms with Gasteiger partial charge in [0.15, 0.2) is 11.6 Å². The molecule has 2 aromatic rings. The highest BCUT2D eigenvalue weighted by molar-refractivity contribution is 6.02. The third-order valence-corrected chi connectivity index (χ3v) is 5.31. The minimum absolute atomic E-state index is 0.0349. The van der Waals surface area contributed by atoms with Gasteiger partial charge in [-0.05, 0) is 18.9 Å². The zero-order valence-corrected chi connectivity index (χ0v) is 15.9. The Balaban J connectivity index is 1.77. The maximum atomic E-state index is 12.4. The van der Waals surface area contributed by atoms with Crippen molar-refractivity contribution in [1.82, 2.24) is 15.0 Å². The Hall–Kier alpha value is -3.23. The third-order valence-electron chi connectivity index (χ3n) is 5.31. The molecule has 9 heteroatoms. The second-order valence-electron chi connectivity index (χ2n) is 6.96. The number of carbonyl (C=O) groups is 2. The molecule has 146 valence electrons. The quantitative estimate of drug-likeness (QED) is 0.870. The first-order valence-corrected chi connectivity index (χ1v) is 9.28. The van der Waals surface area contributed by atoms with Crippen LogP contribution < -0.4 is 15.1 Å². The molecule has 0 saturated heterocycles. The number of nitrogens with one attached hydrogen (secondary N) is 1. The molecule has 2 aliphatic rings. The molecule has 0 bridgehead atoms. The number of hydrogen-bond donors (Lipinski definition) is 1. The number of fused-ring (bicyclic) bond motifs is 1. The number of aromatic nitrogens is 3. The second-order valence-corrected chi connectivity index (χ2v) is 6.96. The summed E-state index contributed by atoms with van der Waals surface area (Å²) in [5.41, 5.74) is 1.79. The number of nitrogens with zero attached hydrogens (tertiary/aromatic N) is 5. The summed E-state index contributed by atoms with van der Waals surface area (Å²) in [6, 6.07) is 2.05. The number of rotatable bonds is 3. The summed E-state index contributed by atoms with van der Waals surface area (Å²) in [6.07, 6.45) is 8.65. The van der Waals surface area contributed by atoms with Gasteiger partial charge in [-0.3, -0.25) is 15.1 Å². The molecule has 2 aromatic heterocycles. The molecule has 2 amide bonds. The van der Waals surface area contributed by atoms with Gasteiger partial charge >= 0.3 is 6.09 Å². The van der Waals surface area contributed by atoms with Gasteiger partial charge in [-0.25, -0.2) is 14.8 Å². The molecule has 1 N–H and O–H groups in total. The summed E-state index contributed by atoms with van der Waals surface area (Å²) in [7, 11) is 3.04. The van der Waals surface area contributed by atoms with Gasteiger partial charge in [0.1, 0.15) is 5.69 Å². The van der Waals surface area contributed by atoms with Crippen molar-refractivity contribution in [3.63, 3.8) is 0 Å². The number of ether oxygens (including phenoxy) is 1.